The lowest BCUT2D eigenvalue weighted by molar-refractivity contribution is 0.0939. The molecule has 0 bridgehead atoms. The molecule has 1 aromatic carbocycles. The molecule has 1 atom stereocenters. The van der Waals surface area contributed by atoms with Gasteiger partial charge in [-0.05, 0) is 59.5 Å². The van der Waals surface area contributed by atoms with Crippen LogP contribution in [0.3, 0.4) is 0 Å². The Balaban J connectivity index is 2.15. The summed E-state index contributed by atoms with van der Waals surface area (Å²) in [5, 5.41) is 5.06. The molecule has 0 fully saturated rings. The van der Waals surface area contributed by atoms with Crippen molar-refractivity contribution in [2.45, 2.75) is 19.9 Å². The molecule has 4 heteroatoms. The van der Waals surface area contributed by atoms with Gasteiger partial charge in [0.25, 0.3) is 5.91 Å². The molecule has 0 aliphatic rings. The molecule has 2 aromatic rings. The summed E-state index contributed by atoms with van der Waals surface area (Å²) in [5.74, 6) is -0.0102. The minimum atomic E-state index is -0.0102. The Bertz CT molecular complexity index is 551. The van der Waals surface area contributed by atoms with Gasteiger partial charge >= 0.3 is 0 Å². The van der Waals surface area contributed by atoms with E-state index < -0.39 is 0 Å². The summed E-state index contributed by atoms with van der Waals surface area (Å²) in [7, 11) is 0. The van der Waals surface area contributed by atoms with Crippen molar-refractivity contribution in [1.82, 2.24) is 5.32 Å². The molecule has 1 N–H and O–H groups in total. The van der Waals surface area contributed by atoms with Gasteiger partial charge in [-0.1, -0.05) is 18.2 Å². The predicted molar refractivity (Wildman–Crippen MR) is 84.1 cm³/mol. The van der Waals surface area contributed by atoms with Gasteiger partial charge in [-0.3, -0.25) is 4.79 Å². The molecule has 0 radical (unpaired) electrons. The van der Waals surface area contributed by atoms with E-state index in [1.165, 1.54) is 4.88 Å². The first-order valence-corrected chi connectivity index (χ1v) is 7.65. The third-order valence-corrected chi connectivity index (χ3v) is 5.24. The van der Waals surface area contributed by atoms with E-state index in [1.807, 2.05) is 49.6 Å². The van der Waals surface area contributed by atoms with Crippen molar-refractivity contribution >= 4 is 39.8 Å². The standard InChI is InChI=1S/C14H14INOS/c1-9-5-3-6-11(13(9)15)14(17)16-10(2)12-7-4-8-18-12/h3-8,10H,1-2H3,(H,16,17). The van der Waals surface area contributed by atoms with E-state index in [9.17, 15) is 4.79 Å². The number of rotatable bonds is 3. The second-order valence-corrected chi connectivity index (χ2v) is 6.21. The Morgan fingerprint density at radius 2 is 2.11 bits per heavy atom. The lowest BCUT2D eigenvalue weighted by atomic mass is 10.1. The number of benzene rings is 1. The Morgan fingerprint density at radius 1 is 1.33 bits per heavy atom. The second-order valence-electron chi connectivity index (χ2n) is 4.15. The van der Waals surface area contributed by atoms with Crippen LogP contribution < -0.4 is 5.32 Å². The molecule has 1 amide bonds. The van der Waals surface area contributed by atoms with Crippen LogP contribution in [-0.4, -0.2) is 5.91 Å². The van der Waals surface area contributed by atoms with Crippen LogP contribution in [0.5, 0.6) is 0 Å². The number of carbonyl (C=O) groups is 1. The van der Waals surface area contributed by atoms with Gasteiger partial charge in [-0.2, -0.15) is 0 Å². The molecule has 2 nitrogen and oxygen atoms in total. The van der Waals surface area contributed by atoms with Gasteiger partial charge in [0.2, 0.25) is 0 Å². The maximum Gasteiger partial charge on any atom is 0.252 e. The maximum absolute atomic E-state index is 12.2. The second kappa shape index (κ2) is 5.84. The first-order valence-electron chi connectivity index (χ1n) is 5.69. The first kappa shape index (κ1) is 13.5. The lowest BCUT2D eigenvalue weighted by Crippen LogP contribution is -2.27. The number of amides is 1. The van der Waals surface area contributed by atoms with Gasteiger partial charge in [-0.25, -0.2) is 0 Å². The number of carbonyl (C=O) groups excluding carboxylic acids is 1. The quantitative estimate of drug-likeness (QED) is 0.807. The third-order valence-electron chi connectivity index (χ3n) is 2.75. The number of halogens is 1. The van der Waals surface area contributed by atoms with Gasteiger partial charge in [0.05, 0.1) is 11.6 Å². The number of aryl methyl sites for hydroxylation is 1. The van der Waals surface area contributed by atoms with Crippen molar-refractivity contribution in [1.29, 1.82) is 0 Å². The van der Waals surface area contributed by atoms with Gasteiger partial charge < -0.3 is 5.32 Å². The van der Waals surface area contributed by atoms with E-state index in [4.69, 9.17) is 0 Å². The van der Waals surface area contributed by atoms with Crippen LogP contribution in [-0.2, 0) is 0 Å². The van der Waals surface area contributed by atoms with Crippen LogP contribution in [0.15, 0.2) is 35.7 Å². The van der Waals surface area contributed by atoms with E-state index in [1.54, 1.807) is 11.3 Å². The van der Waals surface area contributed by atoms with Crippen LogP contribution in [0.4, 0.5) is 0 Å². The largest absolute Gasteiger partial charge is 0.345 e. The zero-order valence-corrected chi connectivity index (χ0v) is 13.2. The van der Waals surface area contributed by atoms with Crippen LogP contribution in [0.1, 0.15) is 33.8 Å². The number of hydrogen-bond donors (Lipinski definition) is 1. The van der Waals surface area contributed by atoms with E-state index in [0.29, 0.717) is 0 Å². The fourth-order valence-electron chi connectivity index (χ4n) is 1.71. The van der Waals surface area contributed by atoms with E-state index >= 15 is 0 Å². The highest BCUT2D eigenvalue weighted by Gasteiger charge is 2.15. The smallest absolute Gasteiger partial charge is 0.252 e. The monoisotopic (exact) mass is 371 g/mol. The Kier molecular flexibility index (Phi) is 4.40. The van der Waals surface area contributed by atoms with Crippen molar-refractivity contribution in [2.24, 2.45) is 0 Å². The highest BCUT2D eigenvalue weighted by molar-refractivity contribution is 14.1. The van der Waals surface area contributed by atoms with Crippen molar-refractivity contribution < 1.29 is 4.79 Å². The third kappa shape index (κ3) is 2.92. The zero-order chi connectivity index (χ0) is 13.1. The zero-order valence-electron chi connectivity index (χ0n) is 10.2. The van der Waals surface area contributed by atoms with Gasteiger partial charge in [-0.15, -0.1) is 11.3 Å². The lowest BCUT2D eigenvalue weighted by Gasteiger charge is -2.13. The fourth-order valence-corrected chi connectivity index (χ4v) is 3.04. The Labute approximate surface area is 125 Å². The summed E-state index contributed by atoms with van der Waals surface area (Å²) in [6.07, 6.45) is 0. The first-order chi connectivity index (χ1) is 8.59. The van der Waals surface area contributed by atoms with Crippen molar-refractivity contribution in [3.8, 4) is 0 Å². The molecule has 2 rings (SSSR count). The molecular weight excluding hydrogens is 357 g/mol. The highest BCUT2D eigenvalue weighted by atomic mass is 127. The molecule has 0 saturated heterocycles. The van der Waals surface area contributed by atoms with Crippen LogP contribution >= 0.6 is 33.9 Å². The van der Waals surface area contributed by atoms with E-state index in [0.717, 1.165) is 14.7 Å². The predicted octanol–water partition coefficient (Wildman–Crippen LogP) is 4.15. The number of nitrogens with one attached hydrogen (secondary N) is 1. The Hall–Kier alpha value is -0.880. The molecule has 0 saturated carbocycles. The maximum atomic E-state index is 12.2. The summed E-state index contributed by atoms with van der Waals surface area (Å²) < 4.78 is 1.02. The van der Waals surface area contributed by atoms with Crippen molar-refractivity contribution in [3.63, 3.8) is 0 Å². The molecule has 94 valence electrons. The fraction of sp³-hybridized carbons (Fsp3) is 0.214. The van der Waals surface area contributed by atoms with Gasteiger partial charge in [0.15, 0.2) is 0 Å². The molecule has 1 heterocycles. The molecule has 1 unspecified atom stereocenters. The molecule has 0 aliphatic heterocycles. The normalized spacial score (nSPS) is 12.2. The van der Waals surface area contributed by atoms with Crippen LogP contribution in [0.2, 0.25) is 0 Å². The summed E-state index contributed by atoms with van der Waals surface area (Å²) in [6, 6.07) is 9.89. The van der Waals surface area contributed by atoms with Crippen molar-refractivity contribution in [2.75, 3.05) is 0 Å². The van der Waals surface area contributed by atoms with Gasteiger partial charge in [0.1, 0.15) is 0 Å². The topological polar surface area (TPSA) is 29.1 Å². The molecule has 0 aliphatic carbocycles. The summed E-state index contributed by atoms with van der Waals surface area (Å²) in [4.78, 5) is 13.4. The molecule has 1 aromatic heterocycles. The minimum absolute atomic E-state index is 0.0102. The van der Waals surface area contributed by atoms with E-state index in [2.05, 4.69) is 27.9 Å². The summed E-state index contributed by atoms with van der Waals surface area (Å²) in [5.41, 5.74) is 1.88. The average molecular weight is 371 g/mol. The summed E-state index contributed by atoms with van der Waals surface area (Å²) >= 11 is 3.88. The Morgan fingerprint density at radius 3 is 2.78 bits per heavy atom. The van der Waals surface area contributed by atoms with Crippen molar-refractivity contribution in [3.05, 3.63) is 55.3 Å². The minimum Gasteiger partial charge on any atom is -0.345 e. The average Bonchev–Trinajstić information content (AvgIpc) is 2.86. The van der Waals surface area contributed by atoms with Crippen LogP contribution in [0, 0.1) is 10.5 Å². The summed E-state index contributed by atoms with van der Waals surface area (Å²) in [6.45, 7) is 4.02. The van der Waals surface area contributed by atoms with Gasteiger partial charge in [0, 0.05) is 8.45 Å². The SMILES string of the molecule is Cc1cccc(C(=O)NC(C)c2cccs2)c1I. The number of hydrogen-bond acceptors (Lipinski definition) is 2. The van der Waals surface area contributed by atoms with E-state index in [-0.39, 0.29) is 11.9 Å². The molecular formula is C14H14INOS. The number of thiophene rings is 1. The van der Waals surface area contributed by atoms with Crippen LogP contribution in [0.25, 0.3) is 0 Å². The highest BCUT2D eigenvalue weighted by Crippen LogP contribution is 2.21. The molecule has 0 spiro atoms. The molecule has 18 heavy (non-hydrogen) atoms.